The van der Waals surface area contributed by atoms with Gasteiger partial charge < -0.3 is 15.6 Å². The van der Waals surface area contributed by atoms with Crippen LogP contribution < -0.4 is 10.6 Å². The lowest BCUT2D eigenvalue weighted by Crippen LogP contribution is -2.14. The molecule has 4 rings (SSSR count). The Hall–Kier alpha value is -3.66. The lowest BCUT2D eigenvalue weighted by atomic mass is 10.0. The van der Waals surface area contributed by atoms with Gasteiger partial charge in [-0.05, 0) is 48.2 Å². The lowest BCUT2D eigenvalue weighted by molar-refractivity contribution is -0.117. The molecule has 3 aromatic rings. The fraction of sp³-hybridized carbons (Fsp3) is 0.200. The number of nitrogens with one attached hydrogen (secondary N) is 3. The normalized spacial score (nSPS) is 13.1. The van der Waals surface area contributed by atoms with Crippen molar-refractivity contribution < 1.29 is 9.59 Å². The average Bonchev–Trinajstić information content (AvgIpc) is 3.40. The minimum absolute atomic E-state index is 0.00918. The molecule has 7 nitrogen and oxygen atoms in total. The van der Waals surface area contributed by atoms with Gasteiger partial charge in [-0.25, -0.2) is 4.98 Å². The van der Waals surface area contributed by atoms with Crippen LogP contribution in [0.25, 0.3) is 22.2 Å². The van der Waals surface area contributed by atoms with E-state index >= 15 is 0 Å². The topological polar surface area (TPSA) is 111 Å². The number of hydrogen-bond donors (Lipinski definition) is 3. The Morgan fingerprint density at radius 1 is 1.19 bits per heavy atom. The van der Waals surface area contributed by atoms with Gasteiger partial charge in [0.2, 0.25) is 11.8 Å². The van der Waals surface area contributed by atoms with Crippen molar-refractivity contribution in [2.45, 2.75) is 19.3 Å². The minimum Gasteiger partial charge on any atom is -0.346 e. The fourth-order valence-corrected chi connectivity index (χ4v) is 2.92. The predicted molar refractivity (Wildman–Crippen MR) is 102 cm³/mol. The van der Waals surface area contributed by atoms with Crippen molar-refractivity contribution in [3.8, 4) is 17.2 Å². The Morgan fingerprint density at radius 2 is 1.96 bits per heavy atom. The van der Waals surface area contributed by atoms with Crippen molar-refractivity contribution >= 4 is 34.4 Å². The summed E-state index contributed by atoms with van der Waals surface area (Å²) < 4.78 is 0. The zero-order valence-corrected chi connectivity index (χ0v) is 14.5. The third-order valence-corrected chi connectivity index (χ3v) is 4.45. The number of aromatic nitrogens is 2. The monoisotopic (exact) mass is 359 g/mol. The van der Waals surface area contributed by atoms with Gasteiger partial charge in [0.25, 0.3) is 0 Å². The van der Waals surface area contributed by atoms with Gasteiger partial charge in [-0.1, -0.05) is 12.1 Å². The Labute approximate surface area is 155 Å². The summed E-state index contributed by atoms with van der Waals surface area (Å²) in [5.41, 5.74) is 3.19. The van der Waals surface area contributed by atoms with E-state index in [1.165, 1.54) is 0 Å². The van der Waals surface area contributed by atoms with Crippen LogP contribution in [0.2, 0.25) is 0 Å². The number of carbonyl (C=O) groups is 2. The van der Waals surface area contributed by atoms with Crippen LogP contribution in [0.15, 0.2) is 42.6 Å². The summed E-state index contributed by atoms with van der Waals surface area (Å²) in [6.07, 6.45) is 3.50. The van der Waals surface area contributed by atoms with Crippen LogP contribution in [0.1, 0.15) is 19.3 Å². The molecular formula is C20H17N5O2. The molecule has 7 heteroatoms. The number of fused-ring (bicyclic) bond motifs is 1. The summed E-state index contributed by atoms with van der Waals surface area (Å²) in [5, 5.41) is 15.1. The highest BCUT2D eigenvalue weighted by atomic mass is 16.2. The molecule has 0 radical (unpaired) electrons. The minimum atomic E-state index is -0.340. The smallest absolute Gasteiger partial charge is 0.238 e. The molecule has 2 aromatic heterocycles. The maximum absolute atomic E-state index is 12.1. The van der Waals surface area contributed by atoms with Crippen molar-refractivity contribution in [3.63, 3.8) is 0 Å². The molecule has 1 aromatic carbocycles. The van der Waals surface area contributed by atoms with E-state index in [0.717, 1.165) is 29.4 Å². The average molecular weight is 359 g/mol. The summed E-state index contributed by atoms with van der Waals surface area (Å²) in [5.74, 6) is 0.288. The number of hydrogen-bond acceptors (Lipinski definition) is 4. The highest BCUT2D eigenvalue weighted by Crippen LogP contribution is 2.33. The molecule has 1 saturated carbocycles. The van der Waals surface area contributed by atoms with Crippen LogP contribution in [0.5, 0.6) is 0 Å². The summed E-state index contributed by atoms with van der Waals surface area (Å²) in [6, 6.07) is 13.0. The zero-order valence-electron chi connectivity index (χ0n) is 14.5. The fourth-order valence-electron chi connectivity index (χ4n) is 2.92. The Bertz CT molecular complexity index is 1060. The van der Waals surface area contributed by atoms with E-state index in [4.69, 9.17) is 5.26 Å². The van der Waals surface area contributed by atoms with Crippen molar-refractivity contribution in [2.24, 2.45) is 5.92 Å². The summed E-state index contributed by atoms with van der Waals surface area (Å²) in [4.78, 5) is 31.2. The molecule has 0 unspecified atom stereocenters. The second-order valence-corrected chi connectivity index (χ2v) is 6.52. The highest BCUT2D eigenvalue weighted by molar-refractivity contribution is 5.99. The van der Waals surface area contributed by atoms with Gasteiger partial charge in [0, 0.05) is 23.2 Å². The van der Waals surface area contributed by atoms with Crippen molar-refractivity contribution in [1.82, 2.24) is 9.97 Å². The van der Waals surface area contributed by atoms with Crippen molar-refractivity contribution in [2.75, 3.05) is 10.6 Å². The third kappa shape index (κ3) is 3.65. The standard InChI is InChI=1S/C20H17N5O2/c21-9-7-18(26)23-14-5-3-12(4-6-14)16-11-17(25-20(27)13-1-2-13)24-19-15(16)8-10-22-19/h3-6,8,10-11,13H,1-2,7H2,(H,23,26)(H2,22,24,25,27). The summed E-state index contributed by atoms with van der Waals surface area (Å²) in [7, 11) is 0. The van der Waals surface area contributed by atoms with Gasteiger partial charge in [0.1, 0.15) is 17.9 Å². The molecule has 1 fully saturated rings. The number of aromatic amines is 1. The summed E-state index contributed by atoms with van der Waals surface area (Å²) >= 11 is 0. The number of H-pyrrole nitrogens is 1. The predicted octanol–water partition coefficient (Wildman–Crippen LogP) is 3.43. The van der Waals surface area contributed by atoms with Gasteiger partial charge in [0.05, 0.1) is 6.07 Å². The van der Waals surface area contributed by atoms with Crippen molar-refractivity contribution in [1.29, 1.82) is 5.26 Å². The Balaban J connectivity index is 1.63. The highest BCUT2D eigenvalue weighted by Gasteiger charge is 2.30. The quantitative estimate of drug-likeness (QED) is 0.648. The van der Waals surface area contributed by atoms with Crippen molar-refractivity contribution in [3.05, 3.63) is 42.6 Å². The van der Waals surface area contributed by atoms with E-state index in [1.54, 1.807) is 12.1 Å². The van der Waals surface area contributed by atoms with Gasteiger partial charge >= 0.3 is 0 Å². The second kappa shape index (κ2) is 6.92. The lowest BCUT2D eigenvalue weighted by Gasteiger charge is -2.10. The number of benzene rings is 1. The molecule has 0 aliphatic heterocycles. The Morgan fingerprint density at radius 3 is 2.67 bits per heavy atom. The van der Waals surface area contributed by atoms with Gasteiger partial charge in [0.15, 0.2) is 0 Å². The molecular weight excluding hydrogens is 342 g/mol. The maximum Gasteiger partial charge on any atom is 0.238 e. The number of amides is 2. The number of carbonyl (C=O) groups excluding carboxylic acids is 2. The molecule has 134 valence electrons. The van der Waals surface area contributed by atoms with Crippen LogP contribution in [-0.4, -0.2) is 21.8 Å². The first kappa shape index (κ1) is 16.8. The SMILES string of the molecule is N#CCC(=O)Nc1ccc(-c2cc(NC(=O)C3CC3)nc3[nH]ccc23)cc1. The molecule has 0 saturated heterocycles. The summed E-state index contributed by atoms with van der Waals surface area (Å²) in [6.45, 7) is 0. The third-order valence-electron chi connectivity index (χ3n) is 4.45. The molecule has 2 amide bonds. The van der Waals surface area contributed by atoms with E-state index in [9.17, 15) is 9.59 Å². The van der Waals surface area contributed by atoms with E-state index < -0.39 is 0 Å². The molecule has 0 spiro atoms. The van der Waals surface area contributed by atoms with E-state index in [2.05, 4.69) is 20.6 Å². The number of pyridine rings is 1. The largest absolute Gasteiger partial charge is 0.346 e. The first-order valence-electron chi connectivity index (χ1n) is 8.70. The molecule has 1 aliphatic carbocycles. The first-order valence-corrected chi connectivity index (χ1v) is 8.70. The number of rotatable bonds is 5. The molecule has 27 heavy (non-hydrogen) atoms. The molecule has 2 heterocycles. The van der Waals surface area contributed by atoms with Crippen LogP contribution in [0.4, 0.5) is 11.5 Å². The van der Waals surface area contributed by atoms with E-state index in [1.807, 2.05) is 36.5 Å². The molecule has 0 bridgehead atoms. The maximum atomic E-state index is 12.1. The van der Waals surface area contributed by atoms with Crippen LogP contribution in [0, 0.1) is 17.2 Å². The molecule has 0 atom stereocenters. The Kier molecular flexibility index (Phi) is 4.30. The second-order valence-electron chi connectivity index (χ2n) is 6.52. The van der Waals surface area contributed by atoms with Crippen LogP contribution in [0.3, 0.4) is 0 Å². The van der Waals surface area contributed by atoms with Crippen LogP contribution >= 0.6 is 0 Å². The molecule has 1 aliphatic rings. The zero-order chi connectivity index (χ0) is 18.8. The van der Waals surface area contributed by atoms with Gasteiger partial charge in [-0.2, -0.15) is 5.26 Å². The van der Waals surface area contributed by atoms with Crippen LogP contribution in [-0.2, 0) is 9.59 Å². The number of anilines is 2. The van der Waals surface area contributed by atoms with Gasteiger partial charge in [-0.15, -0.1) is 0 Å². The number of nitrogens with zero attached hydrogens (tertiary/aromatic N) is 2. The first-order chi connectivity index (χ1) is 13.1. The van der Waals surface area contributed by atoms with E-state index in [0.29, 0.717) is 17.2 Å². The van der Waals surface area contributed by atoms with E-state index in [-0.39, 0.29) is 24.2 Å². The van der Waals surface area contributed by atoms with Gasteiger partial charge in [-0.3, -0.25) is 9.59 Å². The molecule has 3 N–H and O–H groups in total. The number of nitriles is 1.